The van der Waals surface area contributed by atoms with Crippen LogP contribution in [-0.4, -0.2) is 12.1 Å². The van der Waals surface area contributed by atoms with E-state index in [1.807, 2.05) is 0 Å². The van der Waals surface area contributed by atoms with E-state index >= 15 is 0 Å². The summed E-state index contributed by atoms with van der Waals surface area (Å²) < 4.78 is 0. The van der Waals surface area contributed by atoms with Gasteiger partial charge >= 0.3 is 0 Å². The topological polar surface area (TPSA) is 16.6 Å². The van der Waals surface area contributed by atoms with Crippen molar-refractivity contribution in [1.82, 2.24) is 0 Å². The molecule has 2 fully saturated rings. The average Bonchev–Trinajstić information content (AvgIpc) is 2.29. The first-order valence-electron chi connectivity index (χ1n) is 5.56. The Morgan fingerprint density at radius 2 is 1.75 bits per heavy atom. The lowest BCUT2D eigenvalue weighted by Crippen LogP contribution is -2.97. The summed E-state index contributed by atoms with van der Waals surface area (Å²) >= 11 is 0. The molecule has 2 aliphatic rings. The zero-order valence-electron chi connectivity index (χ0n) is 8.47. The third-order valence-corrected chi connectivity index (χ3v) is 4.13. The molecule has 0 bridgehead atoms. The van der Waals surface area contributed by atoms with Crippen LogP contribution in [0, 0.1) is 11.8 Å². The zero-order chi connectivity index (χ0) is 8.60. The highest BCUT2D eigenvalue weighted by Crippen LogP contribution is 2.39. The number of rotatable bonds is 0. The first-order chi connectivity index (χ1) is 5.72. The fourth-order valence-electron chi connectivity index (χ4n) is 3.27. The van der Waals surface area contributed by atoms with E-state index in [0.29, 0.717) is 5.54 Å². The Bertz CT molecular complexity index is 146. The molecule has 0 radical (unpaired) electrons. The molecule has 2 rings (SSSR count). The maximum Gasteiger partial charge on any atom is 0.0966 e. The summed E-state index contributed by atoms with van der Waals surface area (Å²) in [5.41, 5.74) is 0.692. The smallest absolute Gasteiger partial charge is 0.0966 e. The summed E-state index contributed by atoms with van der Waals surface area (Å²) in [7, 11) is 0. The first kappa shape index (κ1) is 8.55. The molecule has 1 aliphatic heterocycles. The Kier molecular flexibility index (Phi) is 2.16. The van der Waals surface area contributed by atoms with Crippen LogP contribution in [0.1, 0.15) is 46.0 Å². The van der Waals surface area contributed by atoms with Gasteiger partial charge in [0.2, 0.25) is 0 Å². The van der Waals surface area contributed by atoms with Crippen LogP contribution in [0.2, 0.25) is 0 Å². The molecule has 2 atom stereocenters. The van der Waals surface area contributed by atoms with Crippen LogP contribution >= 0.6 is 0 Å². The van der Waals surface area contributed by atoms with Crippen molar-refractivity contribution in [2.45, 2.75) is 51.5 Å². The van der Waals surface area contributed by atoms with Gasteiger partial charge < -0.3 is 5.32 Å². The summed E-state index contributed by atoms with van der Waals surface area (Å²) in [5.74, 6) is 1.94. The number of nitrogens with two attached hydrogens (primary N) is 1. The van der Waals surface area contributed by atoms with Crippen molar-refractivity contribution in [1.29, 1.82) is 0 Å². The van der Waals surface area contributed by atoms with Gasteiger partial charge in [0.25, 0.3) is 0 Å². The molecule has 1 saturated heterocycles. The van der Waals surface area contributed by atoms with Gasteiger partial charge in [0, 0.05) is 19.3 Å². The molecule has 12 heavy (non-hydrogen) atoms. The number of piperidine rings is 1. The Labute approximate surface area is 75.9 Å². The van der Waals surface area contributed by atoms with Crippen LogP contribution in [0.3, 0.4) is 0 Å². The van der Waals surface area contributed by atoms with Gasteiger partial charge in [-0.3, -0.25) is 0 Å². The predicted molar refractivity (Wildman–Crippen MR) is 50.9 cm³/mol. The van der Waals surface area contributed by atoms with Crippen LogP contribution in [-0.2, 0) is 0 Å². The Morgan fingerprint density at radius 1 is 1.08 bits per heavy atom. The molecule has 1 aliphatic carbocycles. The number of hydrogen-bond acceptors (Lipinski definition) is 0. The lowest BCUT2D eigenvalue weighted by molar-refractivity contribution is -0.735. The van der Waals surface area contributed by atoms with Crippen molar-refractivity contribution < 1.29 is 5.32 Å². The van der Waals surface area contributed by atoms with E-state index in [4.69, 9.17) is 0 Å². The summed E-state index contributed by atoms with van der Waals surface area (Å²) in [6, 6.07) is 0. The monoisotopic (exact) mass is 168 g/mol. The third kappa shape index (κ3) is 1.39. The van der Waals surface area contributed by atoms with E-state index in [1.54, 1.807) is 0 Å². The van der Waals surface area contributed by atoms with Crippen LogP contribution in [0.4, 0.5) is 0 Å². The molecule has 1 spiro atoms. The minimum atomic E-state index is 0.692. The molecule has 0 aromatic heterocycles. The van der Waals surface area contributed by atoms with Gasteiger partial charge in [-0.25, -0.2) is 0 Å². The van der Waals surface area contributed by atoms with Gasteiger partial charge in [-0.15, -0.1) is 0 Å². The van der Waals surface area contributed by atoms with Gasteiger partial charge in [-0.1, -0.05) is 13.8 Å². The molecule has 1 heterocycles. The van der Waals surface area contributed by atoms with Crippen LogP contribution in [0.5, 0.6) is 0 Å². The maximum absolute atomic E-state index is 2.65. The van der Waals surface area contributed by atoms with Crippen molar-refractivity contribution in [3.63, 3.8) is 0 Å². The highest BCUT2D eigenvalue weighted by Gasteiger charge is 2.45. The second-order valence-electron chi connectivity index (χ2n) is 5.18. The lowest BCUT2D eigenvalue weighted by atomic mass is 9.86. The first-order valence-corrected chi connectivity index (χ1v) is 5.56. The van der Waals surface area contributed by atoms with Crippen LogP contribution in [0.25, 0.3) is 0 Å². The largest absolute Gasteiger partial charge is 0.341 e. The molecular formula is C11H22N+. The summed E-state index contributed by atoms with van der Waals surface area (Å²) in [5, 5.41) is 2.65. The predicted octanol–water partition coefficient (Wildman–Crippen LogP) is 1.54. The fraction of sp³-hybridized carbons (Fsp3) is 1.00. The Hall–Kier alpha value is -0.0400. The second-order valence-corrected chi connectivity index (χ2v) is 5.18. The number of quaternary nitrogens is 1. The minimum Gasteiger partial charge on any atom is -0.341 e. The van der Waals surface area contributed by atoms with Gasteiger partial charge in [0.1, 0.15) is 0 Å². The molecule has 0 aromatic rings. The van der Waals surface area contributed by atoms with E-state index in [-0.39, 0.29) is 0 Å². The third-order valence-electron chi connectivity index (χ3n) is 4.13. The molecule has 0 amide bonds. The van der Waals surface area contributed by atoms with Crippen molar-refractivity contribution in [2.24, 2.45) is 11.8 Å². The summed E-state index contributed by atoms with van der Waals surface area (Å²) in [6.07, 6.45) is 7.38. The molecule has 0 aromatic carbocycles. The van der Waals surface area contributed by atoms with Crippen molar-refractivity contribution in [2.75, 3.05) is 6.54 Å². The Balaban J connectivity index is 2.02. The van der Waals surface area contributed by atoms with Crippen molar-refractivity contribution in [3.8, 4) is 0 Å². The van der Waals surface area contributed by atoms with Gasteiger partial charge in [-0.05, 0) is 24.7 Å². The molecular weight excluding hydrogens is 146 g/mol. The van der Waals surface area contributed by atoms with Crippen molar-refractivity contribution >= 4 is 0 Å². The summed E-state index contributed by atoms with van der Waals surface area (Å²) in [4.78, 5) is 0. The zero-order valence-corrected chi connectivity index (χ0v) is 8.47. The SMILES string of the molecule is C[C@@H]1CC2(CCCC[NH2+]2)C[C@H]1C. The van der Waals surface area contributed by atoms with E-state index in [9.17, 15) is 0 Å². The molecule has 1 saturated carbocycles. The molecule has 70 valence electrons. The van der Waals surface area contributed by atoms with E-state index in [1.165, 1.54) is 38.6 Å². The fourth-order valence-corrected chi connectivity index (χ4v) is 3.27. The standard InChI is InChI=1S/C11H21N/c1-9-7-11(8-10(9)2)5-3-4-6-12-11/h9-10,12H,3-8H2,1-2H3/p+1/t9-,10-/m1/s1. The van der Waals surface area contributed by atoms with E-state index in [0.717, 1.165) is 11.8 Å². The summed E-state index contributed by atoms with van der Waals surface area (Å²) in [6.45, 7) is 6.25. The minimum absolute atomic E-state index is 0.692. The molecule has 0 unspecified atom stereocenters. The Morgan fingerprint density at radius 3 is 2.25 bits per heavy atom. The molecule has 1 heteroatoms. The van der Waals surface area contributed by atoms with Crippen LogP contribution < -0.4 is 5.32 Å². The van der Waals surface area contributed by atoms with Gasteiger partial charge in [0.05, 0.1) is 12.1 Å². The van der Waals surface area contributed by atoms with E-state index < -0.39 is 0 Å². The highest BCUT2D eigenvalue weighted by molar-refractivity contribution is 4.91. The van der Waals surface area contributed by atoms with Crippen molar-refractivity contribution in [3.05, 3.63) is 0 Å². The van der Waals surface area contributed by atoms with Gasteiger partial charge in [0.15, 0.2) is 0 Å². The quantitative estimate of drug-likeness (QED) is 0.565. The molecule has 2 N–H and O–H groups in total. The van der Waals surface area contributed by atoms with Gasteiger partial charge in [-0.2, -0.15) is 0 Å². The second kappa shape index (κ2) is 3.02. The van der Waals surface area contributed by atoms with E-state index in [2.05, 4.69) is 19.2 Å². The normalized spacial score (nSPS) is 40.5. The maximum atomic E-state index is 2.65. The average molecular weight is 168 g/mol. The van der Waals surface area contributed by atoms with Crippen LogP contribution in [0.15, 0.2) is 0 Å². The number of hydrogen-bond donors (Lipinski definition) is 1. The highest BCUT2D eigenvalue weighted by atomic mass is 15.0. The molecule has 1 nitrogen and oxygen atoms in total. The lowest BCUT2D eigenvalue weighted by Gasteiger charge is -2.31.